The standard InChI is InChI=1S/C16H25N3O.ClH/c1-13-8-15(9-17)11-19(13)12-16(20)18(2)10-14-6-4-3-5-7-14;/h3-7,13,15H,8-12,17H2,1-2H3;1H. The number of carbonyl (C=O) groups excluding carboxylic acids is 1. The van der Waals surface area contributed by atoms with E-state index in [2.05, 4.69) is 11.8 Å². The Morgan fingerprint density at radius 1 is 1.38 bits per heavy atom. The number of hydrogen-bond donors (Lipinski definition) is 1. The van der Waals surface area contributed by atoms with Crippen LogP contribution in [0.4, 0.5) is 0 Å². The van der Waals surface area contributed by atoms with Crippen molar-refractivity contribution in [2.45, 2.75) is 25.9 Å². The van der Waals surface area contributed by atoms with Crippen LogP contribution < -0.4 is 5.73 Å². The summed E-state index contributed by atoms with van der Waals surface area (Å²) in [4.78, 5) is 16.4. The largest absolute Gasteiger partial charge is 0.340 e. The number of rotatable bonds is 5. The summed E-state index contributed by atoms with van der Waals surface area (Å²) in [5, 5.41) is 0. The van der Waals surface area contributed by atoms with E-state index in [0.29, 0.717) is 25.0 Å². The monoisotopic (exact) mass is 311 g/mol. The quantitative estimate of drug-likeness (QED) is 0.901. The lowest BCUT2D eigenvalue weighted by molar-refractivity contribution is -0.131. The molecule has 1 fully saturated rings. The van der Waals surface area contributed by atoms with Gasteiger partial charge < -0.3 is 10.6 Å². The van der Waals surface area contributed by atoms with E-state index in [9.17, 15) is 4.79 Å². The topological polar surface area (TPSA) is 49.6 Å². The number of halogens is 1. The molecule has 2 atom stereocenters. The van der Waals surface area contributed by atoms with Crippen LogP contribution in [0.5, 0.6) is 0 Å². The summed E-state index contributed by atoms with van der Waals surface area (Å²) < 4.78 is 0. The van der Waals surface area contributed by atoms with Crippen molar-refractivity contribution in [2.75, 3.05) is 26.7 Å². The van der Waals surface area contributed by atoms with Gasteiger partial charge in [-0.2, -0.15) is 0 Å². The molecule has 1 aliphatic rings. The van der Waals surface area contributed by atoms with E-state index in [1.54, 1.807) is 4.90 Å². The lowest BCUT2D eigenvalue weighted by Gasteiger charge is -2.24. The highest BCUT2D eigenvalue weighted by atomic mass is 35.5. The van der Waals surface area contributed by atoms with Crippen molar-refractivity contribution in [3.8, 4) is 0 Å². The first kappa shape index (κ1) is 18.0. The minimum atomic E-state index is 0. The Bertz CT molecular complexity index is 440. The minimum Gasteiger partial charge on any atom is -0.340 e. The molecule has 1 aromatic carbocycles. The summed E-state index contributed by atoms with van der Waals surface area (Å²) in [6.45, 7) is 5.01. The van der Waals surface area contributed by atoms with Gasteiger partial charge in [0.25, 0.3) is 0 Å². The molecule has 4 nitrogen and oxygen atoms in total. The Kier molecular flexibility index (Phi) is 7.15. The average molecular weight is 312 g/mol. The molecule has 21 heavy (non-hydrogen) atoms. The van der Waals surface area contributed by atoms with Gasteiger partial charge in [0.05, 0.1) is 6.54 Å². The maximum Gasteiger partial charge on any atom is 0.236 e. The number of carbonyl (C=O) groups is 1. The maximum atomic E-state index is 12.3. The van der Waals surface area contributed by atoms with E-state index >= 15 is 0 Å². The van der Waals surface area contributed by atoms with Crippen LogP contribution in [-0.2, 0) is 11.3 Å². The number of nitrogens with zero attached hydrogens (tertiary/aromatic N) is 2. The molecule has 1 aliphatic heterocycles. The SMILES string of the molecule is CC1CC(CN)CN1CC(=O)N(C)Cc1ccccc1.Cl. The van der Waals surface area contributed by atoms with Crippen LogP contribution in [-0.4, -0.2) is 48.4 Å². The Morgan fingerprint density at radius 3 is 2.62 bits per heavy atom. The number of amides is 1. The maximum absolute atomic E-state index is 12.3. The summed E-state index contributed by atoms with van der Waals surface area (Å²) in [5.41, 5.74) is 6.89. The molecule has 118 valence electrons. The first-order valence-corrected chi connectivity index (χ1v) is 7.32. The van der Waals surface area contributed by atoms with Crippen molar-refractivity contribution in [1.29, 1.82) is 0 Å². The Morgan fingerprint density at radius 2 is 2.05 bits per heavy atom. The van der Waals surface area contributed by atoms with Crippen molar-refractivity contribution in [2.24, 2.45) is 11.7 Å². The summed E-state index contributed by atoms with van der Waals surface area (Å²) in [5.74, 6) is 0.718. The predicted molar refractivity (Wildman–Crippen MR) is 88.4 cm³/mol. The van der Waals surface area contributed by atoms with E-state index in [1.807, 2.05) is 37.4 Å². The van der Waals surface area contributed by atoms with Gasteiger partial charge >= 0.3 is 0 Å². The fourth-order valence-corrected chi connectivity index (χ4v) is 2.85. The summed E-state index contributed by atoms with van der Waals surface area (Å²) in [6, 6.07) is 10.5. The highest BCUT2D eigenvalue weighted by Crippen LogP contribution is 2.21. The van der Waals surface area contributed by atoms with E-state index in [-0.39, 0.29) is 18.3 Å². The zero-order valence-corrected chi connectivity index (χ0v) is 13.7. The molecule has 0 radical (unpaired) electrons. The number of nitrogens with two attached hydrogens (primary N) is 1. The zero-order valence-electron chi connectivity index (χ0n) is 12.9. The van der Waals surface area contributed by atoms with E-state index in [0.717, 1.165) is 25.1 Å². The number of likely N-dealkylation sites (tertiary alicyclic amines) is 1. The molecule has 1 aromatic rings. The third kappa shape index (κ3) is 4.99. The molecule has 1 saturated heterocycles. The Labute approximate surface area is 133 Å². The van der Waals surface area contributed by atoms with Gasteiger partial charge in [-0.25, -0.2) is 0 Å². The van der Waals surface area contributed by atoms with Crippen LogP contribution >= 0.6 is 12.4 Å². The van der Waals surface area contributed by atoms with Gasteiger partial charge in [0, 0.05) is 26.2 Å². The average Bonchev–Trinajstić information content (AvgIpc) is 2.80. The number of benzene rings is 1. The lowest BCUT2D eigenvalue weighted by Crippen LogP contribution is -2.39. The van der Waals surface area contributed by atoms with Crippen LogP contribution in [0, 0.1) is 5.92 Å². The van der Waals surface area contributed by atoms with E-state index in [1.165, 1.54) is 0 Å². The van der Waals surface area contributed by atoms with Gasteiger partial charge in [-0.05, 0) is 31.4 Å². The third-order valence-corrected chi connectivity index (χ3v) is 4.15. The molecular weight excluding hydrogens is 286 g/mol. The fraction of sp³-hybridized carbons (Fsp3) is 0.562. The molecule has 1 heterocycles. The molecule has 0 saturated carbocycles. The molecule has 0 spiro atoms. The van der Waals surface area contributed by atoms with Gasteiger partial charge in [0.2, 0.25) is 5.91 Å². The van der Waals surface area contributed by atoms with Gasteiger partial charge in [-0.3, -0.25) is 9.69 Å². The fourth-order valence-electron chi connectivity index (χ4n) is 2.85. The zero-order chi connectivity index (χ0) is 14.5. The highest BCUT2D eigenvalue weighted by Gasteiger charge is 2.29. The Balaban J connectivity index is 0.00000220. The molecule has 1 amide bonds. The molecule has 0 bridgehead atoms. The van der Waals surface area contributed by atoms with Crippen LogP contribution in [0.15, 0.2) is 30.3 Å². The van der Waals surface area contributed by atoms with Crippen molar-refractivity contribution in [3.63, 3.8) is 0 Å². The van der Waals surface area contributed by atoms with Crippen LogP contribution in [0.1, 0.15) is 18.9 Å². The molecular formula is C16H26ClN3O. The van der Waals surface area contributed by atoms with Crippen molar-refractivity contribution in [1.82, 2.24) is 9.80 Å². The summed E-state index contributed by atoms with van der Waals surface area (Å²) >= 11 is 0. The minimum absolute atomic E-state index is 0. The molecule has 0 aliphatic carbocycles. The molecule has 2 N–H and O–H groups in total. The molecule has 5 heteroatoms. The van der Waals surface area contributed by atoms with Crippen LogP contribution in [0.2, 0.25) is 0 Å². The first-order valence-electron chi connectivity index (χ1n) is 7.32. The molecule has 2 unspecified atom stereocenters. The molecule has 0 aromatic heterocycles. The second-order valence-electron chi connectivity index (χ2n) is 5.85. The van der Waals surface area contributed by atoms with Crippen LogP contribution in [0.3, 0.4) is 0 Å². The van der Waals surface area contributed by atoms with Crippen molar-refractivity contribution in [3.05, 3.63) is 35.9 Å². The van der Waals surface area contributed by atoms with Gasteiger partial charge in [0.15, 0.2) is 0 Å². The van der Waals surface area contributed by atoms with E-state index in [4.69, 9.17) is 5.73 Å². The summed E-state index contributed by atoms with van der Waals surface area (Å²) in [6.07, 6.45) is 1.10. The van der Waals surface area contributed by atoms with Crippen molar-refractivity contribution >= 4 is 18.3 Å². The van der Waals surface area contributed by atoms with Gasteiger partial charge in [-0.15, -0.1) is 12.4 Å². The van der Waals surface area contributed by atoms with Crippen LogP contribution in [0.25, 0.3) is 0 Å². The Hall–Kier alpha value is -1.10. The number of hydrogen-bond acceptors (Lipinski definition) is 3. The second-order valence-corrected chi connectivity index (χ2v) is 5.85. The first-order chi connectivity index (χ1) is 9.60. The summed E-state index contributed by atoms with van der Waals surface area (Å²) in [7, 11) is 1.87. The lowest BCUT2D eigenvalue weighted by atomic mass is 10.1. The molecule has 2 rings (SSSR count). The normalized spacial score (nSPS) is 21.9. The predicted octanol–water partition coefficient (Wildman–Crippen LogP) is 1.74. The van der Waals surface area contributed by atoms with Gasteiger partial charge in [0.1, 0.15) is 0 Å². The van der Waals surface area contributed by atoms with E-state index < -0.39 is 0 Å². The van der Waals surface area contributed by atoms with Gasteiger partial charge in [-0.1, -0.05) is 30.3 Å². The smallest absolute Gasteiger partial charge is 0.236 e. The third-order valence-electron chi connectivity index (χ3n) is 4.15. The van der Waals surface area contributed by atoms with Crippen molar-refractivity contribution < 1.29 is 4.79 Å². The second kappa shape index (κ2) is 8.37. The highest BCUT2D eigenvalue weighted by molar-refractivity contribution is 5.85. The number of likely N-dealkylation sites (N-methyl/N-ethyl adjacent to an activating group) is 1.